The minimum absolute atomic E-state index is 0.442. The van der Waals surface area contributed by atoms with Crippen LogP contribution in [-0.4, -0.2) is 34.1 Å². The van der Waals surface area contributed by atoms with Gasteiger partial charge >= 0.3 is 0 Å². The molecule has 0 aromatic rings. The lowest BCUT2D eigenvalue weighted by atomic mass is 10.2. The fourth-order valence-electron chi connectivity index (χ4n) is 0.429. The molecule has 0 aromatic heterocycles. The molecule has 0 fully saturated rings. The number of hydrogen-bond donors (Lipinski definition) is 3. The number of rotatable bonds is 4. The normalized spacial score (nSPS) is 17.1. The fourth-order valence-corrected chi connectivity index (χ4v) is 0.429. The van der Waals surface area contributed by atoms with Gasteiger partial charge in [0.2, 0.25) is 0 Å². The van der Waals surface area contributed by atoms with Crippen LogP contribution in [0.4, 0.5) is 0 Å². The lowest BCUT2D eigenvalue weighted by Gasteiger charge is -2.09. The van der Waals surface area contributed by atoms with Crippen molar-refractivity contribution < 1.29 is 15.3 Å². The Kier molecular flexibility index (Phi) is 4.84. The third-order valence-electron chi connectivity index (χ3n) is 1.03. The van der Waals surface area contributed by atoms with Gasteiger partial charge in [0.15, 0.2) is 0 Å². The van der Waals surface area contributed by atoms with Crippen molar-refractivity contribution in [1.29, 1.82) is 0 Å². The van der Waals surface area contributed by atoms with E-state index in [2.05, 4.69) is 6.58 Å². The molecule has 0 amide bonds. The van der Waals surface area contributed by atoms with Gasteiger partial charge in [-0.05, 0) is 0 Å². The first-order chi connectivity index (χ1) is 4.72. The van der Waals surface area contributed by atoms with Gasteiger partial charge in [0, 0.05) is 0 Å². The zero-order chi connectivity index (χ0) is 7.98. The van der Waals surface area contributed by atoms with Crippen LogP contribution in [0.1, 0.15) is 0 Å². The van der Waals surface area contributed by atoms with Crippen LogP contribution >= 0.6 is 0 Å². The molecule has 0 aliphatic carbocycles. The van der Waals surface area contributed by atoms with E-state index in [-0.39, 0.29) is 0 Å². The van der Waals surface area contributed by atoms with E-state index in [1.165, 1.54) is 18.2 Å². The zero-order valence-corrected chi connectivity index (χ0v) is 5.64. The summed E-state index contributed by atoms with van der Waals surface area (Å²) in [5, 5.41) is 26.0. The van der Waals surface area contributed by atoms with Crippen LogP contribution in [0.2, 0.25) is 0 Å². The van der Waals surface area contributed by atoms with Crippen LogP contribution in [-0.2, 0) is 0 Å². The van der Waals surface area contributed by atoms with Gasteiger partial charge in [-0.2, -0.15) is 0 Å². The summed E-state index contributed by atoms with van der Waals surface area (Å²) in [5.41, 5.74) is 0. The summed E-state index contributed by atoms with van der Waals surface area (Å²) >= 11 is 0. The van der Waals surface area contributed by atoms with Crippen molar-refractivity contribution in [2.75, 3.05) is 6.61 Å². The minimum Gasteiger partial charge on any atom is -0.394 e. The van der Waals surface area contributed by atoms with Crippen molar-refractivity contribution in [2.24, 2.45) is 0 Å². The van der Waals surface area contributed by atoms with Crippen molar-refractivity contribution in [3.05, 3.63) is 24.8 Å². The second kappa shape index (κ2) is 5.17. The second-order valence-electron chi connectivity index (χ2n) is 1.86. The van der Waals surface area contributed by atoms with E-state index in [0.717, 1.165) is 0 Å². The predicted molar refractivity (Wildman–Crippen MR) is 38.4 cm³/mol. The molecule has 0 aliphatic heterocycles. The summed E-state index contributed by atoms with van der Waals surface area (Å²) in [6.45, 7) is 2.93. The lowest BCUT2D eigenvalue weighted by molar-refractivity contribution is 0.00949. The molecule has 0 aromatic carbocycles. The topological polar surface area (TPSA) is 60.7 Å². The smallest absolute Gasteiger partial charge is 0.106 e. The van der Waals surface area contributed by atoms with E-state index in [0.29, 0.717) is 0 Å². The third-order valence-corrected chi connectivity index (χ3v) is 1.03. The average molecular weight is 144 g/mol. The molecule has 0 unspecified atom stereocenters. The Labute approximate surface area is 59.9 Å². The summed E-state index contributed by atoms with van der Waals surface area (Å²) in [4.78, 5) is 0. The zero-order valence-electron chi connectivity index (χ0n) is 5.64. The van der Waals surface area contributed by atoms with Crippen molar-refractivity contribution in [1.82, 2.24) is 0 Å². The Bertz CT molecular complexity index is 120. The van der Waals surface area contributed by atoms with Crippen LogP contribution in [0.25, 0.3) is 0 Å². The van der Waals surface area contributed by atoms with Gasteiger partial charge in [-0.3, -0.25) is 0 Å². The minimum atomic E-state index is -1.10. The fraction of sp³-hybridized carbons (Fsp3) is 0.429. The number of hydrogen-bond acceptors (Lipinski definition) is 3. The molecule has 3 nitrogen and oxygen atoms in total. The molecule has 3 heteroatoms. The van der Waals surface area contributed by atoms with E-state index in [4.69, 9.17) is 15.3 Å². The van der Waals surface area contributed by atoms with Gasteiger partial charge in [0.05, 0.1) is 6.61 Å². The maximum Gasteiger partial charge on any atom is 0.106 e. The highest BCUT2D eigenvalue weighted by atomic mass is 16.4. The predicted octanol–water partition coefficient (Wildman–Crippen LogP) is -0.557. The van der Waals surface area contributed by atoms with Gasteiger partial charge in [-0.15, -0.1) is 0 Å². The molecule has 0 heterocycles. The molecule has 0 aliphatic rings. The van der Waals surface area contributed by atoms with Gasteiger partial charge in [-0.1, -0.05) is 24.8 Å². The van der Waals surface area contributed by atoms with E-state index in [1.54, 1.807) is 0 Å². The quantitative estimate of drug-likeness (QED) is 0.464. The Balaban J connectivity index is 3.70. The SMILES string of the molecule is C=C/C=C/[C@H](O)[C@H](O)CO. The molecule has 0 bridgehead atoms. The van der Waals surface area contributed by atoms with Crippen LogP contribution in [0.3, 0.4) is 0 Å². The molecular formula is C7H12O3. The molecule has 58 valence electrons. The first-order valence-electron chi connectivity index (χ1n) is 2.98. The van der Waals surface area contributed by atoms with Crippen LogP contribution < -0.4 is 0 Å². The van der Waals surface area contributed by atoms with Gasteiger partial charge in [0.25, 0.3) is 0 Å². The summed E-state index contributed by atoms with van der Waals surface area (Å²) in [6, 6.07) is 0. The molecule has 2 atom stereocenters. The molecule has 0 spiro atoms. The van der Waals surface area contributed by atoms with E-state index >= 15 is 0 Å². The molecule has 0 saturated heterocycles. The molecular weight excluding hydrogens is 132 g/mol. The average Bonchev–Trinajstić information content (AvgIpc) is 1.98. The largest absolute Gasteiger partial charge is 0.394 e. The lowest BCUT2D eigenvalue weighted by Crippen LogP contribution is -2.27. The van der Waals surface area contributed by atoms with Gasteiger partial charge < -0.3 is 15.3 Å². The van der Waals surface area contributed by atoms with Crippen LogP contribution in [0.5, 0.6) is 0 Å². The molecule has 0 saturated carbocycles. The first-order valence-corrected chi connectivity index (χ1v) is 2.98. The maximum absolute atomic E-state index is 8.90. The molecule has 3 N–H and O–H groups in total. The Morgan fingerprint density at radius 2 is 2.00 bits per heavy atom. The van der Waals surface area contributed by atoms with Crippen molar-refractivity contribution >= 4 is 0 Å². The highest BCUT2D eigenvalue weighted by molar-refractivity contribution is 5.02. The first kappa shape index (κ1) is 9.36. The van der Waals surface area contributed by atoms with Gasteiger partial charge in [-0.25, -0.2) is 0 Å². The third kappa shape index (κ3) is 3.40. The van der Waals surface area contributed by atoms with Crippen molar-refractivity contribution in [2.45, 2.75) is 12.2 Å². The standard InChI is InChI=1S/C7H12O3/c1-2-3-4-6(9)7(10)5-8/h2-4,6-10H,1,5H2/b4-3+/t6-,7+/m0/s1. The highest BCUT2D eigenvalue weighted by Crippen LogP contribution is 1.93. The highest BCUT2D eigenvalue weighted by Gasteiger charge is 2.09. The molecule has 0 rings (SSSR count). The maximum atomic E-state index is 8.90. The van der Waals surface area contributed by atoms with E-state index in [1.807, 2.05) is 0 Å². The Morgan fingerprint density at radius 3 is 2.40 bits per heavy atom. The summed E-state index contributed by atoms with van der Waals surface area (Å²) in [5.74, 6) is 0. The number of aliphatic hydroxyl groups is 3. The van der Waals surface area contributed by atoms with E-state index in [9.17, 15) is 0 Å². The second-order valence-corrected chi connectivity index (χ2v) is 1.86. The van der Waals surface area contributed by atoms with Crippen LogP contribution in [0, 0.1) is 0 Å². The van der Waals surface area contributed by atoms with Gasteiger partial charge in [0.1, 0.15) is 12.2 Å². The summed E-state index contributed by atoms with van der Waals surface area (Å²) < 4.78 is 0. The van der Waals surface area contributed by atoms with E-state index < -0.39 is 18.8 Å². The van der Waals surface area contributed by atoms with Crippen molar-refractivity contribution in [3.63, 3.8) is 0 Å². The molecule has 10 heavy (non-hydrogen) atoms. The van der Waals surface area contributed by atoms with Crippen molar-refractivity contribution in [3.8, 4) is 0 Å². The monoisotopic (exact) mass is 144 g/mol. The van der Waals surface area contributed by atoms with Crippen LogP contribution in [0.15, 0.2) is 24.8 Å². The molecule has 0 radical (unpaired) electrons. The number of aliphatic hydroxyl groups excluding tert-OH is 3. The summed E-state index contributed by atoms with van der Waals surface area (Å²) in [7, 11) is 0. The summed E-state index contributed by atoms with van der Waals surface area (Å²) in [6.07, 6.45) is 2.23. The Morgan fingerprint density at radius 1 is 1.40 bits per heavy atom. The Hall–Kier alpha value is -0.640. The number of allylic oxidation sites excluding steroid dienone is 2.